The summed E-state index contributed by atoms with van der Waals surface area (Å²) in [7, 11) is 4.16. The summed E-state index contributed by atoms with van der Waals surface area (Å²) < 4.78 is 13.2. The molecule has 0 radical (unpaired) electrons. The summed E-state index contributed by atoms with van der Waals surface area (Å²) in [6, 6.07) is 5.15. The molecule has 0 saturated carbocycles. The number of nitrogens with two attached hydrogens (primary N) is 1. The molecule has 0 amide bonds. The maximum atomic E-state index is 13.2. The average Bonchev–Trinajstić information content (AvgIpc) is 2.80. The lowest BCUT2D eigenvalue weighted by molar-refractivity contribution is 0.156. The number of likely N-dealkylation sites (N-methyl/N-ethyl adjacent to an activating group) is 1. The summed E-state index contributed by atoms with van der Waals surface area (Å²) in [5.41, 5.74) is 6.91. The van der Waals surface area contributed by atoms with E-state index in [-0.39, 0.29) is 11.9 Å². The quantitative estimate of drug-likeness (QED) is 0.907. The summed E-state index contributed by atoms with van der Waals surface area (Å²) in [5.74, 6) is -0.305. The van der Waals surface area contributed by atoms with E-state index >= 15 is 0 Å². The van der Waals surface area contributed by atoms with Crippen molar-refractivity contribution in [2.45, 2.75) is 24.9 Å². The monoisotopic (exact) mass is 299 g/mol. The average molecular weight is 300 g/mol. The van der Waals surface area contributed by atoms with Gasteiger partial charge >= 0.3 is 0 Å². The predicted molar refractivity (Wildman–Crippen MR) is 81.5 cm³/mol. The van der Waals surface area contributed by atoms with E-state index in [1.807, 2.05) is 0 Å². The Balaban J connectivity index is 2.22. The number of halogens is 2. The van der Waals surface area contributed by atoms with Crippen molar-refractivity contribution in [1.82, 2.24) is 9.80 Å². The van der Waals surface area contributed by atoms with Gasteiger partial charge in [-0.3, -0.25) is 4.90 Å². The van der Waals surface area contributed by atoms with Gasteiger partial charge in [0.2, 0.25) is 0 Å². The van der Waals surface area contributed by atoms with Gasteiger partial charge in [0, 0.05) is 30.2 Å². The van der Waals surface area contributed by atoms with Crippen LogP contribution in [0.3, 0.4) is 0 Å². The maximum absolute atomic E-state index is 13.2. The molecule has 1 aliphatic rings. The minimum atomic E-state index is -0.305. The topological polar surface area (TPSA) is 32.5 Å². The second-order valence-electron chi connectivity index (χ2n) is 5.71. The molecule has 0 spiro atoms. The zero-order valence-corrected chi connectivity index (χ0v) is 12.9. The molecular formula is C15H23ClFN3. The number of likely N-dealkylation sites (tertiary alicyclic amines) is 1. The standard InChI is InChI=1S/C15H23ClFN3/c1-19(2)10-12-4-3-7-20(12)15(9-18)13-6-5-11(17)8-14(13)16/h5-6,8,12,15H,3-4,7,9-10,18H2,1-2H3. The van der Waals surface area contributed by atoms with E-state index in [0.717, 1.165) is 18.7 Å². The molecule has 1 aromatic carbocycles. The van der Waals surface area contributed by atoms with Gasteiger partial charge in [0.05, 0.1) is 0 Å². The van der Waals surface area contributed by atoms with Crippen molar-refractivity contribution in [3.8, 4) is 0 Å². The molecule has 1 aliphatic heterocycles. The van der Waals surface area contributed by atoms with Gasteiger partial charge in [-0.1, -0.05) is 17.7 Å². The Kier molecular flexibility index (Phi) is 5.38. The first-order valence-electron chi connectivity index (χ1n) is 7.08. The first-order valence-corrected chi connectivity index (χ1v) is 7.46. The highest BCUT2D eigenvalue weighted by Gasteiger charge is 2.32. The second kappa shape index (κ2) is 6.85. The summed E-state index contributed by atoms with van der Waals surface area (Å²) in [5, 5.41) is 0.468. The molecule has 1 saturated heterocycles. The molecule has 0 bridgehead atoms. The fourth-order valence-corrected chi connectivity index (χ4v) is 3.39. The number of hydrogen-bond acceptors (Lipinski definition) is 3. The third kappa shape index (κ3) is 3.50. The largest absolute Gasteiger partial charge is 0.329 e. The molecule has 2 N–H and O–H groups in total. The second-order valence-corrected chi connectivity index (χ2v) is 6.12. The molecule has 0 aromatic heterocycles. The summed E-state index contributed by atoms with van der Waals surface area (Å²) >= 11 is 6.20. The van der Waals surface area contributed by atoms with Crippen LogP contribution in [-0.2, 0) is 0 Å². The van der Waals surface area contributed by atoms with Crippen molar-refractivity contribution in [2.75, 3.05) is 33.7 Å². The Bertz CT molecular complexity index is 453. The Morgan fingerprint density at radius 3 is 2.85 bits per heavy atom. The third-order valence-corrected chi connectivity index (χ3v) is 4.27. The number of hydrogen-bond donors (Lipinski definition) is 1. The van der Waals surface area contributed by atoms with Crippen LogP contribution in [-0.4, -0.2) is 49.6 Å². The Morgan fingerprint density at radius 1 is 1.50 bits per heavy atom. The lowest BCUT2D eigenvalue weighted by Crippen LogP contribution is -2.42. The highest BCUT2D eigenvalue weighted by atomic mass is 35.5. The first kappa shape index (κ1) is 15.7. The Labute approximate surface area is 125 Å². The van der Waals surface area contributed by atoms with Crippen LogP contribution in [0.5, 0.6) is 0 Å². The maximum Gasteiger partial charge on any atom is 0.124 e. The van der Waals surface area contributed by atoms with E-state index in [1.54, 1.807) is 6.07 Å². The van der Waals surface area contributed by atoms with Gasteiger partial charge in [0.15, 0.2) is 0 Å². The molecule has 1 heterocycles. The summed E-state index contributed by atoms with van der Waals surface area (Å²) in [4.78, 5) is 4.61. The van der Waals surface area contributed by atoms with Gasteiger partial charge in [-0.15, -0.1) is 0 Å². The van der Waals surface area contributed by atoms with Gasteiger partial charge in [-0.25, -0.2) is 4.39 Å². The fraction of sp³-hybridized carbons (Fsp3) is 0.600. The Morgan fingerprint density at radius 2 is 2.25 bits per heavy atom. The molecule has 1 fully saturated rings. The van der Waals surface area contributed by atoms with Crippen molar-refractivity contribution >= 4 is 11.6 Å². The van der Waals surface area contributed by atoms with Crippen LogP contribution >= 0.6 is 11.6 Å². The molecule has 0 aliphatic carbocycles. The van der Waals surface area contributed by atoms with Crippen molar-refractivity contribution < 1.29 is 4.39 Å². The minimum absolute atomic E-state index is 0.0653. The smallest absolute Gasteiger partial charge is 0.124 e. The fourth-order valence-electron chi connectivity index (χ4n) is 3.10. The molecule has 5 heteroatoms. The molecule has 1 aromatic rings. The van der Waals surface area contributed by atoms with E-state index < -0.39 is 0 Å². The van der Waals surface area contributed by atoms with E-state index in [2.05, 4.69) is 23.9 Å². The summed E-state index contributed by atoms with van der Waals surface area (Å²) in [6.45, 7) is 2.53. The zero-order valence-electron chi connectivity index (χ0n) is 12.1. The highest BCUT2D eigenvalue weighted by Crippen LogP contribution is 2.33. The lowest BCUT2D eigenvalue weighted by Gasteiger charge is -2.34. The van der Waals surface area contributed by atoms with Crippen LogP contribution in [0.2, 0.25) is 5.02 Å². The number of rotatable bonds is 5. The van der Waals surface area contributed by atoms with Crippen LogP contribution < -0.4 is 5.73 Å². The van der Waals surface area contributed by atoms with Crippen LogP contribution in [0.4, 0.5) is 4.39 Å². The molecule has 112 valence electrons. The molecule has 2 unspecified atom stereocenters. The SMILES string of the molecule is CN(C)CC1CCCN1C(CN)c1ccc(F)cc1Cl. The van der Waals surface area contributed by atoms with Crippen LogP contribution in [0.1, 0.15) is 24.4 Å². The van der Waals surface area contributed by atoms with Gasteiger partial charge in [0.25, 0.3) is 0 Å². The van der Waals surface area contributed by atoms with Crippen molar-refractivity contribution in [1.29, 1.82) is 0 Å². The third-order valence-electron chi connectivity index (χ3n) is 3.94. The lowest BCUT2D eigenvalue weighted by atomic mass is 10.0. The molecule has 2 atom stereocenters. The van der Waals surface area contributed by atoms with E-state index in [0.29, 0.717) is 17.6 Å². The van der Waals surface area contributed by atoms with Gasteiger partial charge in [0.1, 0.15) is 5.82 Å². The van der Waals surface area contributed by atoms with Gasteiger partial charge < -0.3 is 10.6 Å². The van der Waals surface area contributed by atoms with E-state index in [9.17, 15) is 4.39 Å². The number of benzene rings is 1. The van der Waals surface area contributed by atoms with Crippen molar-refractivity contribution in [2.24, 2.45) is 5.73 Å². The highest BCUT2D eigenvalue weighted by molar-refractivity contribution is 6.31. The first-order chi connectivity index (χ1) is 9.52. The van der Waals surface area contributed by atoms with Crippen LogP contribution in [0.25, 0.3) is 0 Å². The van der Waals surface area contributed by atoms with E-state index in [4.69, 9.17) is 17.3 Å². The molecule has 3 nitrogen and oxygen atoms in total. The molecule has 2 rings (SSSR count). The zero-order chi connectivity index (χ0) is 14.7. The molecular weight excluding hydrogens is 277 g/mol. The van der Waals surface area contributed by atoms with Gasteiger partial charge in [-0.05, 0) is 51.2 Å². The van der Waals surface area contributed by atoms with Crippen LogP contribution in [0, 0.1) is 5.82 Å². The number of nitrogens with zero attached hydrogens (tertiary/aromatic N) is 2. The van der Waals surface area contributed by atoms with E-state index in [1.165, 1.54) is 25.0 Å². The minimum Gasteiger partial charge on any atom is -0.329 e. The van der Waals surface area contributed by atoms with Crippen LogP contribution in [0.15, 0.2) is 18.2 Å². The Hall–Kier alpha value is -0.680. The normalized spacial score (nSPS) is 21.6. The summed E-state index contributed by atoms with van der Waals surface area (Å²) in [6.07, 6.45) is 2.35. The molecule has 20 heavy (non-hydrogen) atoms. The van der Waals surface area contributed by atoms with Crippen molar-refractivity contribution in [3.05, 3.63) is 34.6 Å². The van der Waals surface area contributed by atoms with Gasteiger partial charge in [-0.2, -0.15) is 0 Å². The van der Waals surface area contributed by atoms with Crippen molar-refractivity contribution in [3.63, 3.8) is 0 Å². The predicted octanol–water partition coefficient (Wildman–Crippen LogP) is 2.50.